The maximum absolute atomic E-state index is 12.2. The number of amides is 1. The van der Waals surface area contributed by atoms with Gasteiger partial charge in [0, 0.05) is 23.6 Å². The Labute approximate surface area is 141 Å². The molecule has 0 bridgehead atoms. The minimum Gasteiger partial charge on any atom is -0.459 e. The molecule has 1 aliphatic carbocycles. The van der Waals surface area contributed by atoms with Crippen LogP contribution in [0.25, 0.3) is 0 Å². The van der Waals surface area contributed by atoms with Crippen LogP contribution in [0.4, 0.5) is 5.69 Å². The summed E-state index contributed by atoms with van der Waals surface area (Å²) in [5.74, 6) is -0.510. The molecule has 0 aliphatic heterocycles. The monoisotopic (exact) mass is 324 g/mol. The van der Waals surface area contributed by atoms with Crippen molar-refractivity contribution in [1.29, 1.82) is 0 Å². The molecule has 0 atom stereocenters. The number of benzene rings is 1. The molecule has 2 aromatic rings. The smallest absolute Gasteiger partial charge is 0.338 e. The van der Waals surface area contributed by atoms with Gasteiger partial charge in [-0.05, 0) is 62.1 Å². The van der Waals surface area contributed by atoms with Crippen LogP contribution >= 0.6 is 0 Å². The fourth-order valence-electron chi connectivity index (χ4n) is 2.80. The Morgan fingerprint density at radius 1 is 0.917 bits per heavy atom. The number of nitrogens with one attached hydrogen (secondary N) is 1. The lowest BCUT2D eigenvalue weighted by Gasteiger charge is -2.21. The number of hydrogen-bond donors (Lipinski definition) is 1. The maximum atomic E-state index is 12.2. The van der Waals surface area contributed by atoms with E-state index in [2.05, 4.69) is 10.3 Å². The predicted molar refractivity (Wildman–Crippen MR) is 90.9 cm³/mol. The standard InChI is InChI=1S/C19H20N2O3/c22-18(14-10-12-20-13-11-14)21-16-8-6-15(7-9-16)19(23)24-17-4-2-1-3-5-17/h6-13,17H,1-5H2,(H,21,22). The topological polar surface area (TPSA) is 68.3 Å². The van der Waals surface area contributed by atoms with Gasteiger partial charge in [-0.3, -0.25) is 9.78 Å². The molecule has 1 amide bonds. The van der Waals surface area contributed by atoms with Crippen LogP contribution in [0.1, 0.15) is 52.8 Å². The molecule has 124 valence electrons. The van der Waals surface area contributed by atoms with E-state index < -0.39 is 0 Å². The second kappa shape index (κ2) is 7.73. The number of carbonyl (C=O) groups excluding carboxylic acids is 2. The molecule has 0 unspecified atom stereocenters. The van der Waals surface area contributed by atoms with Crippen LogP contribution in [0.15, 0.2) is 48.8 Å². The number of carbonyl (C=O) groups is 2. The lowest BCUT2D eigenvalue weighted by molar-refractivity contribution is 0.0211. The summed E-state index contributed by atoms with van der Waals surface area (Å²) in [6.07, 6.45) is 8.55. The number of pyridine rings is 1. The van der Waals surface area contributed by atoms with Crippen molar-refractivity contribution in [3.63, 3.8) is 0 Å². The molecule has 24 heavy (non-hydrogen) atoms. The van der Waals surface area contributed by atoms with E-state index in [9.17, 15) is 9.59 Å². The summed E-state index contributed by atoms with van der Waals surface area (Å²) in [5, 5.41) is 2.79. The first kappa shape index (κ1) is 16.2. The van der Waals surface area contributed by atoms with Crippen molar-refractivity contribution in [2.75, 3.05) is 5.32 Å². The van der Waals surface area contributed by atoms with Gasteiger partial charge in [-0.1, -0.05) is 6.42 Å². The van der Waals surface area contributed by atoms with Gasteiger partial charge in [0.15, 0.2) is 0 Å². The van der Waals surface area contributed by atoms with Crippen molar-refractivity contribution in [2.45, 2.75) is 38.2 Å². The molecular weight excluding hydrogens is 304 g/mol. The van der Waals surface area contributed by atoms with Gasteiger partial charge >= 0.3 is 5.97 Å². The maximum Gasteiger partial charge on any atom is 0.338 e. The Morgan fingerprint density at radius 3 is 2.25 bits per heavy atom. The highest BCUT2D eigenvalue weighted by atomic mass is 16.5. The molecule has 1 aliphatic rings. The van der Waals surface area contributed by atoms with Crippen LogP contribution in [0.3, 0.4) is 0 Å². The molecule has 1 saturated carbocycles. The van der Waals surface area contributed by atoms with Crippen molar-refractivity contribution >= 4 is 17.6 Å². The Kier molecular flexibility index (Phi) is 5.21. The fourth-order valence-corrected chi connectivity index (χ4v) is 2.80. The van der Waals surface area contributed by atoms with Gasteiger partial charge < -0.3 is 10.1 Å². The average molecular weight is 324 g/mol. The number of aromatic nitrogens is 1. The molecule has 0 radical (unpaired) electrons. The SMILES string of the molecule is O=C(Nc1ccc(C(=O)OC2CCCCC2)cc1)c1ccncc1. The third kappa shape index (κ3) is 4.19. The van der Waals surface area contributed by atoms with E-state index in [0.29, 0.717) is 16.8 Å². The first-order chi connectivity index (χ1) is 11.7. The number of esters is 1. The van der Waals surface area contributed by atoms with E-state index in [1.165, 1.54) is 6.42 Å². The van der Waals surface area contributed by atoms with Crippen LogP contribution in [0.5, 0.6) is 0 Å². The second-order valence-electron chi connectivity index (χ2n) is 5.93. The zero-order valence-electron chi connectivity index (χ0n) is 13.4. The Balaban J connectivity index is 1.58. The van der Waals surface area contributed by atoms with E-state index >= 15 is 0 Å². The molecule has 3 rings (SSSR count). The Hall–Kier alpha value is -2.69. The van der Waals surface area contributed by atoms with Crippen molar-refractivity contribution in [2.24, 2.45) is 0 Å². The number of hydrogen-bond acceptors (Lipinski definition) is 4. The van der Waals surface area contributed by atoms with Gasteiger partial charge in [-0.25, -0.2) is 4.79 Å². The molecule has 5 heteroatoms. The molecule has 0 saturated heterocycles. The number of ether oxygens (including phenoxy) is 1. The van der Waals surface area contributed by atoms with Gasteiger partial charge in [0.2, 0.25) is 0 Å². The van der Waals surface area contributed by atoms with Crippen molar-refractivity contribution in [1.82, 2.24) is 4.98 Å². The molecule has 1 heterocycles. The van der Waals surface area contributed by atoms with E-state index in [0.717, 1.165) is 25.7 Å². The first-order valence-corrected chi connectivity index (χ1v) is 8.25. The van der Waals surface area contributed by atoms with Crippen LogP contribution in [-0.2, 0) is 4.74 Å². The Bertz CT molecular complexity index is 692. The minimum absolute atomic E-state index is 0.0392. The third-order valence-electron chi connectivity index (χ3n) is 4.15. The Morgan fingerprint density at radius 2 is 1.58 bits per heavy atom. The number of nitrogens with zero attached hydrogens (tertiary/aromatic N) is 1. The van der Waals surface area contributed by atoms with Crippen molar-refractivity contribution in [3.05, 3.63) is 59.9 Å². The molecule has 1 aromatic carbocycles. The molecule has 1 aromatic heterocycles. The second-order valence-corrected chi connectivity index (χ2v) is 5.93. The van der Waals surface area contributed by atoms with E-state index in [1.807, 2.05) is 0 Å². The summed E-state index contributed by atoms with van der Waals surface area (Å²) < 4.78 is 5.53. The van der Waals surface area contributed by atoms with Crippen LogP contribution < -0.4 is 5.32 Å². The quantitative estimate of drug-likeness (QED) is 0.868. The molecule has 0 spiro atoms. The molecule has 1 N–H and O–H groups in total. The van der Waals surface area contributed by atoms with Gasteiger partial charge in [-0.15, -0.1) is 0 Å². The summed E-state index contributed by atoms with van der Waals surface area (Å²) >= 11 is 0. The van der Waals surface area contributed by atoms with Crippen molar-refractivity contribution < 1.29 is 14.3 Å². The van der Waals surface area contributed by atoms with E-state index in [4.69, 9.17) is 4.74 Å². The zero-order valence-corrected chi connectivity index (χ0v) is 13.4. The molecule has 5 nitrogen and oxygen atoms in total. The van der Waals surface area contributed by atoms with Gasteiger partial charge in [-0.2, -0.15) is 0 Å². The first-order valence-electron chi connectivity index (χ1n) is 8.25. The highest BCUT2D eigenvalue weighted by Crippen LogP contribution is 2.22. The summed E-state index contributed by atoms with van der Waals surface area (Å²) in [4.78, 5) is 28.1. The van der Waals surface area contributed by atoms with Crippen LogP contribution in [-0.4, -0.2) is 23.0 Å². The van der Waals surface area contributed by atoms with Gasteiger partial charge in [0.1, 0.15) is 6.10 Å². The largest absolute Gasteiger partial charge is 0.459 e. The lowest BCUT2D eigenvalue weighted by atomic mass is 9.98. The summed E-state index contributed by atoms with van der Waals surface area (Å²) in [6.45, 7) is 0. The number of anilines is 1. The van der Waals surface area contributed by atoms with Crippen LogP contribution in [0, 0.1) is 0 Å². The van der Waals surface area contributed by atoms with Crippen LogP contribution in [0.2, 0.25) is 0 Å². The van der Waals surface area contributed by atoms with Crippen molar-refractivity contribution in [3.8, 4) is 0 Å². The zero-order chi connectivity index (χ0) is 16.8. The highest BCUT2D eigenvalue weighted by molar-refractivity contribution is 6.04. The van der Waals surface area contributed by atoms with E-state index in [1.54, 1.807) is 48.8 Å². The van der Waals surface area contributed by atoms with E-state index in [-0.39, 0.29) is 18.0 Å². The van der Waals surface area contributed by atoms with Gasteiger partial charge in [0.05, 0.1) is 5.56 Å². The third-order valence-corrected chi connectivity index (χ3v) is 4.15. The average Bonchev–Trinajstić information content (AvgIpc) is 2.64. The summed E-state index contributed by atoms with van der Waals surface area (Å²) in [7, 11) is 0. The lowest BCUT2D eigenvalue weighted by Crippen LogP contribution is -2.20. The highest BCUT2D eigenvalue weighted by Gasteiger charge is 2.18. The molecular formula is C19H20N2O3. The summed E-state index contributed by atoms with van der Waals surface area (Å²) in [6, 6.07) is 10.0. The molecule has 1 fully saturated rings. The predicted octanol–water partition coefficient (Wildman–Crippen LogP) is 3.82. The number of rotatable bonds is 4. The minimum atomic E-state index is -0.297. The normalized spacial score (nSPS) is 14.8. The fraction of sp³-hybridized carbons (Fsp3) is 0.316. The van der Waals surface area contributed by atoms with Gasteiger partial charge in [0.25, 0.3) is 5.91 Å². The summed E-state index contributed by atoms with van der Waals surface area (Å²) in [5.41, 5.74) is 1.67.